The SMILES string of the molecule is C[C@@H](O)c1ccc(SCC(=O)N(C)C)c(Cl)c1. The third-order valence-corrected chi connectivity index (χ3v) is 3.77. The summed E-state index contributed by atoms with van der Waals surface area (Å²) in [6, 6.07) is 5.38. The Labute approximate surface area is 111 Å². The number of aliphatic hydroxyl groups is 1. The van der Waals surface area contributed by atoms with Gasteiger partial charge < -0.3 is 10.0 Å². The van der Waals surface area contributed by atoms with Crippen LogP contribution in [0.15, 0.2) is 23.1 Å². The molecule has 0 saturated carbocycles. The third kappa shape index (κ3) is 4.22. The van der Waals surface area contributed by atoms with Gasteiger partial charge in [-0.1, -0.05) is 17.7 Å². The molecule has 0 aromatic heterocycles. The van der Waals surface area contributed by atoms with Crippen LogP contribution in [-0.4, -0.2) is 35.8 Å². The summed E-state index contributed by atoms with van der Waals surface area (Å²) in [5.41, 5.74) is 0.776. The molecule has 0 radical (unpaired) electrons. The number of thioether (sulfide) groups is 1. The van der Waals surface area contributed by atoms with E-state index in [4.69, 9.17) is 11.6 Å². The number of nitrogens with zero attached hydrogens (tertiary/aromatic N) is 1. The first-order chi connectivity index (χ1) is 7.91. The largest absolute Gasteiger partial charge is 0.389 e. The lowest BCUT2D eigenvalue weighted by atomic mass is 10.1. The molecule has 0 aliphatic carbocycles. The van der Waals surface area contributed by atoms with E-state index in [1.54, 1.807) is 32.0 Å². The van der Waals surface area contributed by atoms with E-state index in [1.807, 2.05) is 12.1 Å². The lowest BCUT2D eigenvalue weighted by molar-refractivity contribution is -0.125. The van der Waals surface area contributed by atoms with Gasteiger partial charge in [0.1, 0.15) is 0 Å². The van der Waals surface area contributed by atoms with Gasteiger partial charge in [0, 0.05) is 19.0 Å². The Morgan fingerprint density at radius 2 is 2.18 bits per heavy atom. The summed E-state index contributed by atoms with van der Waals surface area (Å²) in [5.74, 6) is 0.409. The minimum Gasteiger partial charge on any atom is -0.389 e. The lowest BCUT2D eigenvalue weighted by Gasteiger charge is -2.11. The molecule has 1 aromatic carbocycles. The maximum absolute atomic E-state index is 11.4. The van der Waals surface area contributed by atoms with Crippen molar-refractivity contribution < 1.29 is 9.90 Å². The minimum atomic E-state index is -0.532. The highest BCUT2D eigenvalue weighted by atomic mass is 35.5. The maximum Gasteiger partial charge on any atom is 0.232 e. The second-order valence-electron chi connectivity index (χ2n) is 3.94. The standard InChI is InChI=1S/C12H16ClNO2S/c1-8(15)9-4-5-11(10(13)6-9)17-7-12(16)14(2)3/h4-6,8,15H,7H2,1-3H3/t8-/m1/s1. The van der Waals surface area contributed by atoms with Crippen LogP contribution in [-0.2, 0) is 4.79 Å². The number of carbonyl (C=O) groups is 1. The molecule has 5 heteroatoms. The van der Waals surface area contributed by atoms with Gasteiger partial charge in [-0.25, -0.2) is 0 Å². The van der Waals surface area contributed by atoms with Crippen LogP contribution in [0.2, 0.25) is 5.02 Å². The number of aliphatic hydroxyl groups excluding tert-OH is 1. The summed E-state index contributed by atoms with van der Waals surface area (Å²) in [4.78, 5) is 13.8. The van der Waals surface area contributed by atoms with E-state index >= 15 is 0 Å². The molecular weight excluding hydrogens is 258 g/mol. The van der Waals surface area contributed by atoms with Crippen LogP contribution >= 0.6 is 23.4 Å². The number of amides is 1. The minimum absolute atomic E-state index is 0.0469. The van der Waals surface area contributed by atoms with Crippen LogP contribution in [0.4, 0.5) is 0 Å². The fourth-order valence-electron chi connectivity index (χ4n) is 1.16. The molecule has 0 aliphatic heterocycles. The van der Waals surface area contributed by atoms with Crippen molar-refractivity contribution >= 4 is 29.3 Å². The normalized spacial score (nSPS) is 12.3. The van der Waals surface area contributed by atoms with Crippen molar-refractivity contribution in [3.63, 3.8) is 0 Å². The van der Waals surface area contributed by atoms with Gasteiger partial charge >= 0.3 is 0 Å². The zero-order chi connectivity index (χ0) is 13.0. The third-order valence-electron chi connectivity index (χ3n) is 2.29. The molecule has 1 aromatic rings. The van der Waals surface area contributed by atoms with Crippen LogP contribution in [0, 0.1) is 0 Å². The first-order valence-corrected chi connectivity index (χ1v) is 6.58. The Kier molecular flexibility index (Phi) is 5.31. The number of halogens is 1. The van der Waals surface area contributed by atoms with E-state index in [2.05, 4.69) is 0 Å². The molecule has 17 heavy (non-hydrogen) atoms. The number of hydrogen-bond donors (Lipinski definition) is 1. The highest BCUT2D eigenvalue weighted by Gasteiger charge is 2.09. The van der Waals surface area contributed by atoms with E-state index in [0.29, 0.717) is 10.8 Å². The Morgan fingerprint density at radius 1 is 1.53 bits per heavy atom. The topological polar surface area (TPSA) is 40.5 Å². The molecule has 0 spiro atoms. The summed E-state index contributed by atoms with van der Waals surface area (Å²) in [5, 5.41) is 9.97. The first-order valence-electron chi connectivity index (χ1n) is 5.22. The van der Waals surface area contributed by atoms with Crippen molar-refractivity contribution in [2.75, 3.05) is 19.8 Å². The summed E-state index contributed by atoms with van der Waals surface area (Å²) < 4.78 is 0. The molecule has 0 heterocycles. The molecule has 1 amide bonds. The Morgan fingerprint density at radius 3 is 2.65 bits per heavy atom. The van der Waals surface area contributed by atoms with Gasteiger partial charge in [-0.3, -0.25) is 4.79 Å². The molecular formula is C12H16ClNO2S. The predicted octanol–water partition coefficient (Wildman–Crippen LogP) is 2.57. The van der Waals surface area contributed by atoms with E-state index in [-0.39, 0.29) is 5.91 Å². The van der Waals surface area contributed by atoms with Crippen molar-refractivity contribution in [3.8, 4) is 0 Å². The van der Waals surface area contributed by atoms with E-state index < -0.39 is 6.10 Å². The molecule has 0 bridgehead atoms. The number of carbonyl (C=O) groups excluding carboxylic acids is 1. The van der Waals surface area contributed by atoms with Gasteiger partial charge in [-0.2, -0.15) is 0 Å². The van der Waals surface area contributed by atoms with Crippen molar-refractivity contribution in [2.24, 2.45) is 0 Å². The fourth-order valence-corrected chi connectivity index (χ4v) is 2.41. The second kappa shape index (κ2) is 6.28. The molecule has 1 rings (SSSR count). The highest BCUT2D eigenvalue weighted by Crippen LogP contribution is 2.29. The van der Waals surface area contributed by atoms with E-state index in [0.717, 1.165) is 10.5 Å². The Bertz CT molecular complexity index is 407. The number of benzene rings is 1. The van der Waals surface area contributed by atoms with Crippen molar-refractivity contribution in [3.05, 3.63) is 28.8 Å². The van der Waals surface area contributed by atoms with Gasteiger partial charge in [-0.05, 0) is 24.6 Å². The van der Waals surface area contributed by atoms with Gasteiger partial charge in [0.2, 0.25) is 5.91 Å². The van der Waals surface area contributed by atoms with Crippen LogP contribution in [0.5, 0.6) is 0 Å². The average molecular weight is 274 g/mol. The van der Waals surface area contributed by atoms with E-state index in [1.165, 1.54) is 11.8 Å². The van der Waals surface area contributed by atoms with Crippen molar-refractivity contribution in [1.29, 1.82) is 0 Å². The van der Waals surface area contributed by atoms with Crippen molar-refractivity contribution in [2.45, 2.75) is 17.9 Å². The van der Waals surface area contributed by atoms with E-state index in [9.17, 15) is 9.90 Å². The average Bonchev–Trinajstić information content (AvgIpc) is 2.26. The summed E-state index contributed by atoms with van der Waals surface area (Å²) in [6.45, 7) is 1.69. The second-order valence-corrected chi connectivity index (χ2v) is 5.37. The predicted molar refractivity (Wildman–Crippen MR) is 71.5 cm³/mol. The smallest absolute Gasteiger partial charge is 0.232 e. The monoisotopic (exact) mass is 273 g/mol. The zero-order valence-corrected chi connectivity index (χ0v) is 11.7. The van der Waals surface area contributed by atoms with Gasteiger partial charge in [0.05, 0.1) is 16.9 Å². The molecule has 1 atom stereocenters. The summed E-state index contributed by atoms with van der Waals surface area (Å²) in [7, 11) is 3.45. The number of rotatable bonds is 4. The quantitative estimate of drug-likeness (QED) is 0.857. The van der Waals surface area contributed by atoms with Crippen molar-refractivity contribution in [1.82, 2.24) is 4.90 Å². The molecule has 0 unspecified atom stereocenters. The summed E-state index contributed by atoms with van der Waals surface area (Å²) in [6.07, 6.45) is -0.532. The van der Waals surface area contributed by atoms with Gasteiger partial charge in [0.15, 0.2) is 0 Å². The molecule has 0 saturated heterocycles. The van der Waals surface area contributed by atoms with Crippen LogP contribution < -0.4 is 0 Å². The maximum atomic E-state index is 11.4. The zero-order valence-electron chi connectivity index (χ0n) is 10.1. The molecule has 94 valence electrons. The summed E-state index contributed by atoms with van der Waals surface area (Å²) >= 11 is 7.48. The first kappa shape index (κ1) is 14.4. The lowest BCUT2D eigenvalue weighted by Crippen LogP contribution is -2.23. The van der Waals surface area contributed by atoms with Gasteiger partial charge in [-0.15, -0.1) is 11.8 Å². The highest BCUT2D eigenvalue weighted by molar-refractivity contribution is 8.00. The molecule has 0 aliphatic rings. The van der Waals surface area contributed by atoms with Gasteiger partial charge in [0.25, 0.3) is 0 Å². The van der Waals surface area contributed by atoms with Crippen LogP contribution in [0.3, 0.4) is 0 Å². The fraction of sp³-hybridized carbons (Fsp3) is 0.417. The van der Waals surface area contributed by atoms with Crippen LogP contribution in [0.25, 0.3) is 0 Å². The Balaban J connectivity index is 2.70. The molecule has 0 fully saturated rings. The molecule has 1 N–H and O–H groups in total. The Hall–Kier alpha value is -0.710. The molecule has 3 nitrogen and oxygen atoms in total. The van der Waals surface area contributed by atoms with Crippen LogP contribution in [0.1, 0.15) is 18.6 Å². The number of hydrogen-bond acceptors (Lipinski definition) is 3.